The third-order valence-electron chi connectivity index (χ3n) is 2.82. The zero-order valence-electron chi connectivity index (χ0n) is 11.6. The number of amides is 1. The number of hydrogen-bond acceptors (Lipinski definition) is 5. The summed E-state index contributed by atoms with van der Waals surface area (Å²) in [5, 5.41) is 3.09. The fraction of sp³-hybridized carbons (Fsp3) is 0.286. The van der Waals surface area contributed by atoms with Crippen molar-refractivity contribution in [1.82, 2.24) is 4.98 Å². The van der Waals surface area contributed by atoms with E-state index in [1.165, 1.54) is 4.88 Å². The number of carbonyl (C=O) groups excluding carboxylic acids is 1. The molecule has 1 aromatic heterocycles. The number of ether oxygens (including phenoxy) is 1. The third kappa shape index (κ3) is 4.70. The van der Waals surface area contributed by atoms with Gasteiger partial charge in [-0.15, -0.1) is 11.3 Å². The number of nitrogen functional groups attached to an aromatic ring is 1. The van der Waals surface area contributed by atoms with Crippen LogP contribution in [0.1, 0.15) is 10.6 Å². The van der Waals surface area contributed by atoms with Gasteiger partial charge < -0.3 is 15.8 Å². The molecule has 0 radical (unpaired) electrons. The molecule has 0 saturated carbocycles. The molecule has 112 valence electrons. The van der Waals surface area contributed by atoms with Crippen molar-refractivity contribution < 1.29 is 9.53 Å². The van der Waals surface area contributed by atoms with Gasteiger partial charge in [-0.25, -0.2) is 4.98 Å². The summed E-state index contributed by atoms with van der Waals surface area (Å²) in [6, 6.07) is 4.93. The molecule has 0 saturated heterocycles. The average molecular weight is 326 g/mol. The summed E-state index contributed by atoms with van der Waals surface area (Å²) >= 11 is 7.57. The Labute approximate surface area is 132 Å². The standard InChI is InChI=1S/C14H16ClN3O2S/c1-9-13(21-8-17-9)4-5-20-7-14(19)18-12-3-2-10(16)6-11(12)15/h2-3,6,8H,4-5,7,16H2,1H3,(H,18,19). The van der Waals surface area contributed by atoms with Gasteiger partial charge in [-0.3, -0.25) is 4.79 Å². The summed E-state index contributed by atoms with van der Waals surface area (Å²) < 4.78 is 5.36. The molecule has 1 aromatic carbocycles. The first-order chi connectivity index (χ1) is 10.1. The molecular weight excluding hydrogens is 310 g/mol. The van der Waals surface area contributed by atoms with Crippen LogP contribution in [0.2, 0.25) is 5.02 Å². The Morgan fingerprint density at radius 2 is 2.33 bits per heavy atom. The van der Waals surface area contributed by atoms with Crippen molar-refractivity contribution in [2.75, 3.05) is 24.3 Å². The Hall–Kier alpha value is -1.63. The lowest BCUT2D eigenvalue weighted by Crippen LogP contribution is -2.19. The Morgan fingerprint density at radius 3 is 3.00 bits per heavy atom. The molecule has 2 rings (SSSR count). The van der Waals surface area contributed by atoms with Gasteiger partial charge >= 0.3 is 0 Å². The molecule has 2 aromatic rings. The number of aryl methyl sites for hydroxylation is 1. The van der Waals surface area contributed by atoms with Crippen LogP contribution in [0.4, 0.5) is 11.4 Å². The lowest BCUT2D eigenvalue weighted by molar-refractivity contribution is -0.120. The zero-order chi connectivity index (χ0) is 15.2. The number of thiazole rings is 1. The lowest BCUT2D eigenvalue weighted by Gasteiger charge is -2.08. The van der Waals surface area contributed by atoms with E-state index in [2.05, 4.69) is 10.3 Å². The molecule has 3 N–H and O–H groups in total. The maximum atomic E-state index is 11.7. The molecule has 7 heteroatoms. The molecule has 1 heterocycles. The number of carbonyl (C=O) groups is 1. The highest BCUT2D eigenvalue weighted by Crippen LogP contribution is 2.23. The van der Waals surface area contributed by atoms with E-state index in [0.29, 0.717) is 23.0 Å². The van der Waals surface area contributed by atoms with E-state index in [1.54, 1.807) is 35.0 Å². The summed E-state index contributed by atoms with van der Waals surface area (Å²) in [6.45, 7) is 2.42. The highest BCUT2D eigenvalue weighted by Gasteiger charge is 2.07. The molecule has 0 aliphatic carbocycles. The largest absolute Gasteiger partial charge is 0.399 e. The Bertz CT molecular complexity index is 630. The smallest absolute Gasteiger partial charge is 0.250 e. The SMILES string of the molecule is Cc1ncsc1CCOCC(=O)Nc1ccc(N)cc1Cl. The van der Waals surface area contributed by atoms with Crippen molar-refractivity contribution in [3.63, 3.8) is 0 Å². The summed E-state index contributed by atoms with van der Waals surface area (Å²) in [7, 11) is 0. The fourth-order valence-corrected chi connectivity index (χ4v) is 2.71. The second-order valence-corrected chi connectivity index (χ2v) is 5.80. The number of anilines is 2. The Balaban J connectivity index is 1.73. The monoisotopic (exact) mass is 325 g/mol. The van der Waals surface area contributed by atoms with Gasteiger partial charge in [0.2, 0.25) is 5.91 Å². The molecule has 0 atom stereocenters. The van der Waals surface area contributed by atoms with Gasteiger partial charge in [-0.2, -0.15) is 0 Å². The maximum Gasteiger partial charge on any atom is 0.250 e. The maximum absolute atomic E-state index is 11.7. The number of aromatic nitrogens is 1. The second kappa shape index (κ2) is 7.40. The van der Waals surface area contributed by atoms with E-state index in [4.69, 9.17) is 22.1 Å². The van der Waals surface area contributed by atoms with E-state index < -0.39 is 0 Å². The van der Waals surface area contributed by atoms with Crippen molar-refractivity contribution in [3.05, 3.63) is 39.3 Å². The van der Waals surface area contributed by atoms with E-state index in [1.807, 2.05) is 6.92 Å². The molecule has 21 heavy (non-hydrogen) atoms. The predicted octanol–water partition coefficient (Wildman–Crippen LogP) is 2.88. The number of nitrogens with zero attached hydrogens (tertiary/aromatic N) is 1. The van der Waals surface area contributed by atoms with Crippen LogP contribution >= 0.6 is 22.9 Å². The van der Waals surface area contributed by atoms with Gasteiger partial charge in [0, 0.05) is 17.0 Å². The number of benzene rings is 1. The normalized spacial score (nSPS) is 10.6. The highest BCUT2D eigenvalue weighted by molar-refractivity contribution is 7.09. The first-order valence-electron chi connectivity index (χ1n) is 6.38. The minimum atomic E-state index is -0.248. The second-order valence-electron chi connectivity index (χ2n) is 4.45. The zero-order valence-corrected chi connectivity index (χ0v) is 13.1. The minimum Gasteiger partial charge on any atom is -0.399 e. The van der Waals surface area contributed by atoms with E-state index in [9.17, 15) is 4.79 Å². The molecule has 0 spiro atoms. The van der Waals surface area contributed by atoms with E-state index in [0.717, 1.165) is 12.1 Å². The summed E-state index contributed by atoms with van der Waals surface area (Å²) in [5.74, 6) is -0.248. The number of halogens is 1. The first kappa shape index (κ1) is 15.8. The number of hydrogen-bond donors (Lipinski definition) is 2. The van der Waals surface area contributed by atoms with Crippen LogP contribution in [0.25, 0.3) is 0 Å². The van der Waals surface area contributed by atoms with Crippen molar-refractivity contribution in [3.8, 4) is 0 Å². The summed E-state index contributed by atoms with van der Waals surface area (Å²) in [6.07, 6.45) is 0.756. The topological polar surface area (TPSA) is 77.2 Å². The highest BCUT2D eigenvalue weighted by atomic mass is 35.5. The van der Waals surface area contributed by atoms with E-state index in [-0.39, 0.29) is 12.5 Å². The van der Waals surface area contributed by atoms with Gasteiger partial charge in [0.15, 0.2) is 0 Å². The van der Waals surface area contributed by atoms with Crippen LogP contribution in [0.15, 0.2) is 23.7 Å². The number of nitrogens with one attached hydrogen (secondary N) is 1. The van der Waals surface area contributed by atoms with Gasteiger partial charge in [-0.1, -0.05) is 11.6 Å². The number of rotatable bonds is 6. The van der Waals surface area contributed by atoms with E-state index >= 15 is 0 Å². The van der Waals surface area contributed by atoms with Crippen LogP contribution in [0.3, 0.4) is 0 Å². The fourth-order valence-electron chi connectivity index (χ4n) is 1.71. The molecule has 5 nitrogen and oxygen atoms in total. The van der Waals surface area contributed by atoms with Crippen molar-refractivity contribution in [2.24, 2.45) is 0 Å². The molecule has 1 amide bonds. The first-order valence-corrected chi connectivity index (χ1v) is 7.63. The molecule has 0 unspecified atom stereocenters. The predicted molar refractivity (Wildman–Crippen MR) is 85.9 cm³/mol. The van der Waals surface area contributed by atoms with Crippen LogP contribution < -0.4 is 11.1 Å². The third-order valence-corrected chi connectivity index (χ3v) is 4.13. The quantitative estimate of drug-likeness (QED) is 0.632. The van der Waals surface area contributed by atoms with Crippen molar-refractivity contribution in [1.29, 1.82) is 0 Å². The minimum absolute atomic E-state index is 0.0153. The Morgan fingerprint density at radius 1 is 1.52 bits per heavy atom. The van der Waals surface area contributed by atoms with Crippen LogP contribution in [0.5, 0.6) is 0 Å². The van der Waals surface area contributed by atoms with Gasteiger partial charge in [0.05, 0.1) is 28.5 Å². The van der Waals surface area contributed by atoms with Gasteiger partial charge in [-0.05, 0) is 25.1 Å². The van der Waals surface area contributed by atoms with Gasteiger partial charge in [0.1, 0.15) is 6.61 Å². The van der Waals surface area contributed by atoms with Gasteiger partial charge in [0.25, 0.3) is 0 Å². The summed E-state index contributed by atoms with van der Waals surface area (Å²) in [5.41, 5.74) is 9.49. The molecule has 0 fully saturated rings. The number of nitrogens with two attached hydrogens (primary N) is 1. The van der Waals surface area contributed by atoms with Crippen molar-refractivity contribution >= 4 is 40.2 Å². The van der Waals surface area contributed by atoms with Crippen LogP contribution in [0, 0.1) is 6.92 Å². The molecule has 0 aliphatic heterocycles. The molecule has 0 aliphatic rings. The summed E-state index contributed by atoms with van der Waals surface area (Å²) in [4.78, 5) is 17.1. The molecule has 0 bridgehead atoms. The Kier molecular flexibility index (Phi) is 5.55. The molecular formula is C14H16ClN3O2S. The van der Waals surface area contributed by atoms with Crippen molar-refractivity contribution in [2.45, 2.75) is 13.3 Å². The van der Waals surface area contributed by atoms with Crippen LogP contribution in [-0.4, -0.2) is 24.1 Å². The van der Waals surface area contributed by atoms with Crippen LogP contribution in [-0.2, 0) is 16.0 Å². The lowest BCUT2D eigenvalue weighted by atomic mass is 10.3. The average Bonchev–Trinajstić information content (AvgIpc) is 2.84.